The Hall–Kier alpha value is -1.17. The minimum Gasteiger partial charge on any atom is -0.473 e. The summed E-state index contributed by atoms with van der Waals surface area (Å²) in [5.41, 5.74) is -0.108. The van der Waals surface area contributed by atoms with Crippen molar-refractivity contribution in [3.63, 3.8) is 0 Å². The van der Waals surface area contributed by atoms with Gasteiger partial charge in [-0.05, 0) is 28.3 Å². The summed E-state index contributed by atoms with van der Waals surface area (Å²) in [4.78, 5) is 14.2. The Bertz CT molecular complexity index is 398. The summed E-state index contributed by atoms with van der Waals surface area (Å²) in [7, 11) is 0. The lowest BCUT2D eigenvalue weighted by molar-refractivity contribution is -0.386. The van der Waals surface area contributed by atoms with Crippen LogP contribution >= 0.6 is 15.9 Å². The molecule has 1 heterocycles. The molecule has 0 N–H and O–H groups in total. The molecule has 0 saturated heterocycles. The lowest BCUT2D eigenvalue weighted by Gasteiger charge is -2.11. The quantitative estimate of drug-likeness (QED) is 0.595. The molecule has 0 aliphatic heterocycles. The summed E-state index contributed by atoms with van der Waals surface area (Å²) in [5.74, 6) is 0.450. The Balaban J connectivity index is 2.73. The van der Waals surface area contributed by atoms with E-state index in [9.17, 15) is 10.1 Å². The van der Waals surface area contributed by atoms with Crippen molar-refractivity contribution in [3.05, 3.63) is 26.9 Å². The van der Waals surface area contributed by atoms with Gasteiger partial charge in [0.15, 0.2) is 0 Å². The molecule has 0 aliphatic carbocycles. The normalized spacial score (nSPS) is 12.2. The topological polar surface area (TPSA) is 65.3 Å². The molecule has 1 aromatic heterocycles. The molecule has 1 aromatic rings. The van der Waals surface area contributed by atoms with Crippen LogP contribution in [0.2, 0.25) is 0 Å². The molecule has 0 amide bonds. The third-order valence-electron chi connectivity index (χ3n) is 2.28. The van der Waals surface area contributed by atoms with Gasteiger partial charge in [-0.3, -0.25) is 10.1 Å². The van der Waals surface area contributed by atoms with Crippen molar-refractivity contribution in [1.29, 1.82) is 0 Å². The summed E-state index contributed by atoms with van der Waals surface area (Å²) in [6, 6.07) is 1.40. The van der Waals surface area contributed by atoms with Gasteiger partial charge in [0.25, 0.3) is 5.88 Å². The fourth-order valence-electron chi connectivity index (χ4n) is 1.46. The van der Waals surface area contributed by atoms with Crippen LogP contribution in [0.25, 0.3) is 0 Å². The maximum Gasteiger partial charge on any atom is 0.332 e. The number of aromatic nitrogens is 1. The first-order valence-electron chi connectivity index (χ1n) is 5.47. The third-order valence-corrected chi connectivity index (χ3v) is 2.72. The van der Waals surface area contributed by atoms with E-state index in [2.05, 4.69) is 27.8 Å². The first kappa shape index (κ1) is 13.9. The van der Waals surface area contributed by atoms with Crippen LogP contribution in [-0.4, -0.2) is 16.5 Å². The molecular weight excluding hydrogens is 288 g/mol. The fourth-order valence-corrected chi connectivity index (χ4v) is 1.77. The molecule has 0 aromatic carbocycles. The molecule has 17 heavy (non-hydrogen) atoms. The van der Waals surface area contributed by atoms with Crippen LogP contribution < -0.4 is 4.74 Å². The van der Waals surface area contributed by atoms with Crippen LogP contribution in [-0.2, 0) is 0 Å². The highest BCUT2D eigenvalue weighted by Gasteiger charge is 2.18. The second-order valence-electron chi connectivity index (χ2n) is 3.94. The lowest BCUT2D eigenvalue weighted by atomic mass is 10.1. The van der Waals surface area contributed by atoms with Gasteiger partial charge in [-0.25, -0.2) is 4.98 Å². The van der Waals surface area contributed by atoms with Crippen LogP contribution in [0.4, 0.5) is 5.69 Å². The van der Waals surface area contributed by atoms with Crippen molar-refractivity contribution in [2.45, 2.75) is 26.7 Å². The number of pyridine rings is 1. The van der Waals surface area contributed by atoms with Gasteiger partial charge in [-0.1, -0.05) is 20.3 Å². The van der Waals surface area contributed by atoms with Crippen molar-refractivity contribution < 1.29 is 9.66 Å². The van der Waals surface area contributed by atoms with Crippen LogP contribution in [0.3, 0.4) is 0 Å². The van der Waals surface area contributed by atoms with Gasteiger partial charge in [-0.2, -0.15) is 0 Å². The molecule has 0 aliphatic rings. The van der Waals surface area contributed by atoms with Gasteiger partial charge < -0.3 is 4.74 Å². The van der Waals surface area contributed by atoms with E-state index in [1.807, 2.05) is 6.92 Å². The predicted octanol–water partition coefficient (Wildman–Crippen LogP) is 3.57. The zero-order valence-electron chi connectivity index (χ0n) is 9.85. The zero-order valence-corrected chi connectivity index (χ0v) is 11.4. The number of hydrogen-bond donors (Lipinski definition) is 0. The summed E-state index contributed by atoms with van der Waals surface area (Å²) in [6.45, 7) is 4.59. The van der Waals surface area contributed by atoms with Gasteiger partial charge in [0.1, 0.15) is 0 Å². The van der Waals surface area contributed by atoms with Crippen LogP contribution in [0.1, 0.15) is 26.7 Å². The summed E-state index contributed by atoms with van der Waals surface area (Å²) < 4.78 is 5.96. The number of halogens is 1. The fraction of sp³-hybridized carbons (Fsp3) is 0.545. The molecule has 1 rings (SSSR count). The Morgan fingerprint density at radius 1 is 1.65 bits per heavy atom. The third kappa shape index (κ3) is 4.30. The van der Waals surface area contributed by atoms with Gasteiger partial charge >= 0.3 is 5.69 Å². The van der Waals surface area contributed by atoms with Crippen molar-refractivity contribution in [3.8, 4) is 5.88 Å². The Labute approximate surface area is 108 Å². The average Bonchev–Trinajstić information content (AvgIpc) is 2.27. The molecule has 0 spiro atoms. The van der Waals surface area contributed by atoms with E-state index in [1.54, 1.807) is 0 Å². The average molecular weight is 303 g/mol. The van der Waals surface area contributed by atoms with Crippen molar-refractivity contribution in [1.82, 2.24) is 4.98 Å². The highest BCUT2D eigenvalue weighted by molar-refractivity contribution is 9.10. The van der Waals surface area contributed by atoms with Crippen LogP contribution in [0, 0.1) is 16.0 Å². The molecule has 0 bridgehead atoms. The minimum absolute atomic E-state index is 0.0844. The molecule has 1 unspecified atom stereocenters. The van der Waals surface area contributed by atoms with Crippen molar-refractivity contribution in [2.75, 3.05) is 6.61 Å². The number of nitrogens with zero attached hydrogens (tertiary/aromatic N) is 2. The minimum atomic E-state index is -0.489. The monoisotopic (exact) mass is 302 g/mol. The first-order chi connectivity index (χ1) is 8.04. The molecule has 5 nitrogen and oxygen atoms in total. The Kier molecular flexibility index (Phi) is 5.34. The van der Waals surface area contributed by atoms with Gasteiger partial charge in [0.05, 0.1) is 11.5 Å². The van der Waals surface area contributed by atoms with E-state index in [0.717, 1.165) is 12.8 Å². The van der Waals surface area contributed by atoms with Gasteiger partial charge in [0.2, 0.25) is 0 Å². The molecule has 94 valence electrons. The zero-order chi connectivity index (χ0) is 12.8. The number of ether oxygens (including phenoxy) is 1. The standard InChI is InChI=1S/C11H15BrN2O3/c1-3-4-8(2)7-17-11-10(14(15)16)5-9(12)6-13-11/h5-6,8H,3-4,7H2,1-2H3. The first-order valence-corrected chi connectivity index (χ1v) is 6.26. The second-order valence-corrected chi connectivity index (χ2v) is 4.86. The van der Waals surface area contributed by atoms with Crippen molar-refractivity contribution in [2.24, 2.45) is 5.92 Å². The summed E-state index contributed by atoms with van der Waals surface area (Å²) in [6.07, 6.45) is 3.59. The molecule has 0 fully saturated rings. The van der Waals surface area contributed by atoms with E-state index in [-0.39, 0.29) is 11.6 Å². The Morgan fingerprint density at radius 2 is 2.35 bits per heavy atom. The van der Waals surface area contributed by atoms with E-state index in [0.29, 0.717) is 17.0 Å². The van der Waals surface area contributed by atoms with Crippen LogP contribution in [0.15, 0.2) is 16.7 Å². The molecule has 6 heteroatoms. The summed E-state index contributed by atoms with van der Waals surface area (Å²) >= 11 is 3.15. The van der Waals surface area contributed by atoms with E-state index < -0.39 is 4.92 Å². The smallest absolute Gasteiger partial charge is 0.332 e. The lowest BCUT2D eigenvalue weighted by Crippen LogP contribution is -2.10. The second kappa shape index (κ2) is 6.54. The summed E-state index contributed by atoms with van der Waals surface area (Å²) in [5, 5.41) is 10.8. The predicted molar refractivity (Wildman–Crippen MR) is 68.2 cm³/mol. The van der Waals surface area contributed by atoms with Crippen LogP contribution in [0.5, 0.6) is 5.88 Å². The SMILES string of the molecule is CCCC(C)COc1ncc(Br)cc1[N+](=O)[O-]. The maximum atomic E-state index is 10.8. The van der Waals surface area contributed by atoms with E-state index >= 15 is 0 Å². The number of nitro groups is 1. The Morgan fingerprint density at radius 3 is 2.94 bits per heavy atom. The van der Waals surface area contributed by atoms with E-state index in [1.165, 1.54) is 12.3 Å². The molecule has 0 radical (unpaired) electrons. The molecular formula is C11H15BrN2O3. The molecule has 0 saturated carbocycles. The van der Waals surface area contributed by atoms with Crippen molar-refractivity contribution >= 4 is 21.6 Å². The number of hydrogen-bond acceptors (Lipinski definition) is 4. The highest BCUT2D eigenvalue weighted by Crippen LogP contribution is 2.27. The highest BCUT2D eigenvalue weighted by atomic mass is 79.9. The number of rotatable bonds is 6. The van der Waals surface area contributed by atoms with Gasteiger partial charge in [-0.15, -0.1) is 0 Å². The van der Waals surface area contributed by atoms with E-state index in [4.69, 9.17) is 4.74 Å². The molecule has 1 atom stereocenters. The largest absolute Gasteiger partial charge is 0.473 e. The maximum absolute atomic E-state index is 10.8. The van der Waals surface area contributed by atoms with Gasteiger partial charge in [0, 0.05) is 16.7 Å².